The summed E-state index contributed by atoms with van der Waals surface area (Å²) in [5.74, 6) is -0.671. The number of para-hydroxylation sites is 1. The van der Waals surface area contributed by atoms with E-state index >= 15 is 0 Å². The van der Waals surface area contributed by atoms with Crippen LogP contribution in [0.3, 0.4) is 0 Å². The van der Waals surface area contributed by atoms with E-state index < -0.39 is 12.0 Å². The number of aliphatic carboxylic acids is 1. The molecule has 2 N–H and O–H groups in total. The van der Waals surface area contributed by atoms with E-state index in [4.69, 9.17) is 0 Å². The number of carbonyl (C=O) groups excluding carboxylic acids is 1. The molecule has 1 unspecified atom stereocenters. The number of benzene rings is 1. The Hall–Kier alpha value is -2.04. The van der Waals surface area contributed by atoms with Crippen LogP contribution < -0.4 is 10.2 Å². The maximum absolute atomic E-state index is 12.1. The first-order valence-electron chi connectivity index (χ1n) is 7.48. The van der Waals surface area contributed by atoms with Gasteiger partial charge >= 0.3 is 5.97 Å². The van der Waals surface area contributed by atoms with Gasteiger partial charge in [0.15, 0.2) is 0 Å². The molecule has 1 aliphatic heterocycles. The Balaban J connectivity index is 1.57. The fourth-order valence-corrected chi connectivity index (χ4v) is 2.89. The van der Waals surface area contributed by atoms with Crippen molar-refractivity contribution >= 4 is 17.6 Å². The number of nitrogens with zero attached hydrogens (tertiary/aromatic N) is 1. The van der Waals surface area contributed by atoms with Crippen LogP contribution >= 0.6 is 0 Å². The molecule has 1 amide bonds. The van der Waals surface area contributed by atoms with E-state index in [1.54, 1.807) is 0 Å². The van der Waals surface area contributed by atoms with E-state index in [1.807, 2.05) is 23.1 Å². The van der Waals surface area contributed by atoms with Crippen LogP contribution in [-0.2, 0) is 16.0 Å². The van der Waals surface area contributed by atoms with Crippen molar-refractivity contribution in [1.29, 1.82) is 0 Å². The average Bonchev–Trinajstić information content (AvgIpc) is 3.19. The van der Waals surface area contributed by atoms with Gasteiger partial charge in [0.25, 0.3) is 0 Å². The third kappa shape index (κ3) is 3.35. The van der Waals surface area contributed by atoms with Crippen molar-refractivity contribution in [3.8, 4) is 0 Å². The van der Waals surface area contributed by atoms with Gasteiger partial charge in [-0.25, -0.2) is 4.79 Å². The van der Waals surface area contributed by atoms with Gasteiger partial charge in [-0.05, 0) is 30.4 Å². The van der Waals surface area contributed by atoms with Crippen molar-refractivity contribution in [3.63, 3.8) is 0 Å². The molecule has 1 fully saturated rings. The SMILES string of the molecule is O=C(CN1CCc2ccccc21)NC(CC1CC1)C(=O)O. The number of carboxylic acid groups (broad SMARTS) is 1. The number of fused-ring (bicyclic) bond motifs is 1. The summed E-state index contributed by atoms with van der Waals surface area (Å²) in [6.07, 6.45) is 3.66. The Kier molecular flexibility index (Phi) is 3.82. The van der Waals surface area contributed by atoms with Gasteiger partial charge in [-0.15, -0.1) is 0 Å². The second-order valence-electron chi connectivity index (χ2n) is 5.94. The van der Waals surface area contributed by atoms with E-state index in [2.05, 4.69) is 11.4 Å². The first-order chi connectivity index (χ1) is 10.1. The van der Waals surface area contributed by atoms with Crippen LogP contribution in [-0.4, -0.2) is 36.1 Å². The molecule has 0 spiro atoms. The Labute approximate surface area is 123 Å². The normalized spacial score (nSPS) is 18.2. The zero-order chi connectivity index (χ0) is 14.8. The number of hydrogen-bond acceptors (Lipinski definition) is 3. The zero-order valence-electron chi connectivity index (χ0n) is 11.9. The van der Waals surface area contributed by atoms with E-state index in [9.17, 15) is 14.7 Å². The third-order valence-corrected chi connectivity index (χ3v) is 4.22. The van der Waals surface area contributed by atoms with Gasteiger partial charge in [-0.2, -0.15) is 0 Å². The average molecular weight is 288 g/mol. The number of carbonyl (C=O) groups is 2. The van der Waals surface area contributed by atoms with Gasteiger partial charge in [0.05, 0.1) is 6.54 Å². The zero-order valence-corrected chi connectivity index (χ0v) is 11.9. The van der Waals surface area contributed by atoms with Crippen LogP contribution in [0, 0.1) is 5.92 Å². The van der Waals surface area contributed by atoms with Crippen molar-refractivity contribution < 1.29 is 14.7 Å². The number of amides is 1. The largest absolute Gasteiger partial charge is 0.480 e. The topological polar surface area (TPSA) is 69.6 Å². The number of nitrogens with one attached hydrogen (secondary N) is 1. The highest BCUT2D eigenvalue weighted by atomic mass is 16.4. The van der Waals surface area contributed by atoms with Crippen molar-refractivity contribution in [1.82, 2.24) is 5.32 Å². The minimum Gasteiger partial charge on any atom is -0.480 e. The number of hydrogen-bond donors (Lipinski definition) is 2. The van der Waals surface area contributed by atoms with Crippen molar-refractivity contribution in [2.45, 2.75) is 31.7 Å². The van der Waals surface area contributed by atoms with Crippen LogP contribution in [0.1, 0.15) is 24.8 Å². The van der Waals surface area contributed by atoms with Gasteiger partial charge in [0.1, 0.15) is 6.04 Å². The van der Waals surface area contributed by atoms with Gasteiger partial charge in [0, 0.05) is 12.2 Å². The highest BCUT2D eigenvalue weighted by Gasteiger charge is 2.30. The maximum atomic E-state index is 12.1. The monoisotopic (exact) mass is 288 g/mol. The minimum atomic E-state index is -0.933. The Morgan fingerprint density at radius 2 is 2.10 bits per heavy atom. The maximum Gasteiger partial charge on any atom is 0.326 e. The molecule has 0 bridgehead atoms. The summed E-state index contributed by atoms with van der Waals surface area (Å²) in [5, 5.41) is 11.9. The van der Waals surface area contributed by atoms with Gasteiger partial charge in [0.2, 0.25) is 5.91 Å². The third-order valence-electron chi connectivity index (χ3n) is 4.22. The number of carboxylic acids is 1. The molecule has 0 radical (unpaired) electrons. The van der Waals surface area contributed by atoms with Gasteiger partial charge < -0.3 is 15.3 Å². The predicted molar refractivity (Wildman–Crippen MR) is 79.3 cm³/mol. The number of rotatable bonds is 6. The molecule has 0 aromatic heterocycles. The lowest BCUT2D eigenvalue weighted by molar-refractivity contribution is -0.141. The van der Waals surface area contributed by atoms with E-state index in [-0.39, 0.29) is 12.5 Å². The lowest BCUT2D eigenvalue weighted by atomic mass is 10.1. The first kappa shape index (κ1) is 13.9. The Morgan fingerprint density at radius 3 is 2.81 bits per heavy atom. The summed E-state index contributed by atoms with van der Waals surface area (Å²) in [5.41, 5.74) is 2.33. The fourth-order valence-electron chi connectivity index (χ4n) is 2.89. The van der Waals surface area contributed by atoms with Crippen molar-refractivity contribution in [2.24, 2.45) is 5.92 Å². The summed E-state index contributed by atoms with van der Waals surface area (Å²) < 4.78 is 0. The van der Waals surface area contributed by atoms with Crippen LogP contribution in [0.15, 0.2) is 24.3 Å². The van der Waals surface area contributed by atoms with E-state index in [1.165, 1.54) is 5.56 Å². The van der Waals surface area contributed by atoms with Crippen LogP contribution in [0.25, 0.3) is 0 Å². The second-order valence-corrected chi connectivity index (χ2v) is 5.94. The molecule has 2 aliphatic rings. The molecule has 3 rings (SSSR count). The number of anilines is 1. The second kappa shape index (κ2) is 5.76. The molecule has 1 saturated carbocycles. The summed E-state index contributed by atoms with van der Waals surface area (Å²) in [7, 11) is 0. The Morgan fingerprint density at radius 1 is 1.33 bits per heavy atom. The molecule has 1 heterocycles. The smallest absolute Gasteiger partial charge is 0.326 e. The van der Waals surface area contributed by atoms with Crippen LogP contribution in [0.5, 0.6) is 0 Å². The lowest BCUT2D eigenvalue weighted by Crippen LogP contribution is -2.45. The molecule has 1 aliphatic carbocycles. The Bertz CT molecular complexity index is 554. The predicted octanol–water partition coefficient (Wildman–Crippen LogP) is 1.42. The fraction of sp³-hybridized carbons (Fsp3) is 0.500. The molecular weight excluding hydrogens is 268 g/mol. The van der Waals surface area contributed by atoms with Gasteiger partial charge in [-0.1, -0.05) is 31.0 Å². The van der Waals surface area contributed by atoms with Crippen molar-refractivity contribution in [3.05, 3.63) is 29.8 Å². The summed E-state index contributed by atoms with van der Waals surface area (Å²) in [6.45, 7) is 1.04. The highest BCUT2D eigenvalue weighted by Crippen LogP contribution is 2.33. The quantitative estimate of drug-likeness (QED) is 0.830. The molecule has 0 saturated heterocycles. The summed E-state index contributed by atoms with van der Waals surface area (Å²) in [6, 6.07) is 7.29. The first-order valence-corrected chi connectivity index (χ1v) is 7.48. The molecule has 1 aromatic carbocycles. The summed E-state index contributed by atoms with van der Waals surface area (Å²) in [4.78, 5) is 25.3. The summed E-state index contributed by atoms with van der Waals surface area (Å²) >= 11 is 0. The van der Waals surface area contributed by atoms with Crippen LogP contribution in [0.2, 0.25) is 0 Å². The molecule has 5 heteroatoms. The van der Waals surface area contributed by atoms with E-state index in [0.29, 0.717) is 12.3 Å². The molecule has 5 nitrogen and oxygen atoms in total. The molecule has 1 aromatic rings. The minimum absolute atomic E-state index is 0.209. The lowest BCUT2D eigenvalue weighted by Gasteiger charge is -2.21. The van der Waals surface area contributed by atoms with Crippen LogP contribution in [0.4, 0.5) is 5.69 Å². The highest BCUT2D eigenvalue weighted by molar-refractivity contribution is 5.87. The standard InChI is InChI=1S/C16H20N2O3/c19-15(17-13(16(20)21)9-11-5-6-11)10-18-8-7-12-3-1-2-4-14(12)18/h1-4,11,13H,5-10H2,(H,17,19)(H,20,21). The van der Waals surface area contributed by atoms with Crippen molar-refractivity contribution in [2.75, 3.05) is 18.0 Å². The van der Waals surface area contributed by atoms with Gasteiger partial charge in [-0.3, -0.25) is 4.79 Å². The molecule has 112 valence electrons. The van der Waals surface area contributed by atoms with E-state index in [0.717, 1.165) is 31.5 Å². The molecule has 1 atom stereocenters. The molecule has 21 heavy (non-hydrogen) atoms. The molecular formula is C16H20N2O3.